The van der Waals surface area contributed by atoms with Gasteiger partial charge in [0.1, 0.15) is 18.1 Å². The van der Waals surface area contributed by atoms with Crippen molar-refractivity contribution >= 4 is 23.2 Å². The van der Waals surface area contributed by atoms with Crippen LogP contribution in [0.5, 0.6) is 11.5 Å². The molecule has 2 aliphatic heterocycles. The van der Waals surface area contributed by atoms with E-state index in [1.807, 2.05) is 63.2 Å². The van der Waals surface area contributed by atoms with E-state index >= 15 is 0 Å². The molecule has 2 heterocycles. The first-order chi connectivity index (χ1) is 16.3. The van der Waals surface area contributed by atoms with Gasteiger partial charge in [-0.3, -0.25) is 9.59 Å². The molecule has 0 unspecified atom stereocenters. The zero-order valence-electron chi connectivity index (χ0n) is 20.5. The minimum atomic E-state index is -0.690. The summed E-state index contributed by atoms with van der Waals surface area (Å²) in [4.78, 5) is 28.6. The Bertz CT molecular complexity index is 1040. The third-order valence-electron chi connectivity index (χ3n) is 6.79. The van der Waals surface area contributed by atoms with E-state index in [1.165, 1.54) is 0 Å². The molecule has 182 valence electrons. The van der Waals surface area contributed by atoms with Crippen LogP contribution in [-0.2, 0) is 19.7 Å². The highest BCUT2D eigenvalue weighted by molar-refractivity contribution is 6.02. The molecule has 0 saturated carbocycles. The first-order valence-corrected chi connectivity index (χ1v) is 11.9. The van der Waals surface area contributed by atoms with Crippen LogP contribution in [0.4, 0.5) is 11.4 Å². The SMILES string of the molecule is CCCN1C(=O)C(C)(C)COc2cc(NC(=O)C3(c4ccc(OC)cc4)CCOCC3)ccc21. The van der Waals surface area contributed by atoms with Crippen LogP contribution in [0.2, 0.25) is 0 Å². The highest BCUT2D eigenvalue weighted by Gasteiger charge is 2.42. The molecule has 2 amide bonds. The summed E-state index contributed by atoms with van der Waals surface area (Å²) in [6.45, 7) is 7.79. The number of methoxy groups -OCH3 is 1. The maximum absolute atomic E-state index is 13.7. The number of carbonyl (C=O) groups excluding carboxylic acids is 2. The number of hydrogen-bond donors (Lipinski definition) is 1. The molecule has 0 atom stereocenters. The van der Waals surface area contributed by atoms with Crippen LogP contribution in [0.15, 0.2) is 42.5 Å². The normalized spacial score (nSPS) is 18.9. The average molecular weight is 467 g/mol. The number of nitrogens with one attached hydrogen (secondary N) is 1. The number of carbonyl (C=O) groups is 2. The lowest BCUT2D eigenvalue weighted by molar-refractivity contribution is -0.127. The lowest BCUT2D eigenvalue weighted by Crippen LogP contribution is -2.44. The summed E-state index contributed by atoms with van der Waals surface area (Å²) in [6.07, 6.45) is 2.03. The summed E-state index contributed by atoms with van der Waals surface area (Å²) in [7, 11) is 1.63. The molecule has 0 aromatic heterocycles. The summed E-state index contributed by atoms with van der Waals surface area (Å²) in [6, 6.07) is 13.2. The summed E-state index contributed by atoms with van der Waals surface area (Å²) >= 11 is 0. The Kier molecular flexibility index (Phi) is 6.84. The Labute approximate surface area is 201 Å². The van der Waals surface area contributed by atoms with Crippen molar-refractivity contribution < 1.29 is 23.8 Å². The minimum Gasteiger partial charge on any atom is -0.497 e. The number of benzene rings is 2. The maximum atomic E-state index is 13.7. The number of hydrogen-bond acceptors (Lipinski definition) is 5. The Hall–Kier alpha value is -3.06. The topological polar surface area (TPSA) is 77.1 Å². The standard InChI is InChI=1S/C27H34N2O5/c1-5-14-29-22-11-8-20(17-23(22)34-18-26(2,3)25(29)31)28-24(30)27(12-15-33-16-13-27)19-6-9-21(32-4)10-7-19/h6-11,17H,5,12-16,18H2,1-4H3,(H,28,30). The largest absolute Gasteiger partial charge is 0.497 e. The molecule has 7 nitrogen and oxygen atoms in total. The van der Waals surface area contributed by atoms with E-state index in [1.54, 1.807) is 12.0 Å². The molecule has 2 aromatic carbocycles. The molecular weight excluding hydrogens is 432 g/mol. The van der Waals surface area contributed by atoms with E-state index in [0.717, 1.165) is 23.4 Å². The van der Waals surface area contributed by atoms with Gasteiger partial charge in [0.15, 0.2) is 0 Å². The zero-order valence-corrected chi connectivity index (χ0v) is 20.5. The zero-order chi connectivity index (χ0) is 24.3. The molecule has 0 radical (unpaired) electrons. The van der Waals surface area contributed by atoms with Gasteiger partial charge >= 0.3 is 0 Å². The molecule has 7 heteroatoms. The van der Waals surface area contributed by atoms with E-state index in [-0.39, 0.29) is 18.4 Å². The summed E-state index contributed by atoms with van der Waals surface area (Å²) in [5.74, 6) is 1.33. The van der Waals surface area contributed by atoms with Crippen molar-refractivity contribution in [3.05, 3.63) is 48.0 Å². The van der Waals surface area contributed by atoms with Crippen molar-refractivity contribution in [1.82, 2.24) is 0 Å². The minimum absolute atomic E-state index is 0.0468. The molecule has 4 rings (SSSR count). The van der Waals surface area contributed by atoms with Gasteiger partial charge in [-0.15, -0.1) is 0 Å². The van der Waals surface area contributed by atoms with Crippen LogP contribution in [0.3, 0.4) is 0 Å². The van der Waals surface area contributed by atoms with Crippen molar-refractivity contribution in [2.45, 2.75) is 45.4 Å². The number of rotatable bonds is 6. The lowest BCUT2D eigenvalue weighted by Gasteiger charge is -2.36. The molecule has 2 aromatic rings. The fourth-order valence-corrected chi connectivity index (χ4v) is 4.70. The fourth-order valence-electron chi connectivity index (χ4n) is 4.70. The quantitative estimate of drug-likeness (QED) is 0.676. The van der Waals surface area contributed by atoms with E-state index in [0.29, 0.717) is 44.0 Å². The molecule has 1 fully saturated rings. The Morgan fingerprint density at radius 3 is 2.47 bits per heavy atom. The molecule has 0 aliphatic carbocycles. The van der Waals surface area contributed by atoms with Gasteiger partial charge in [-0.05, 0) is 62.9 Å². The molecule has 1 N–H and O–H groups in total. The van der Waals surface area contributed by atoms with Crippen molar-refractivity contribution in [3.63, 3.8) is 0 Å². The highest BCUT2D eigenvalue weighted by atomic mass is 16.5. The monoisotopic (exact) mass is 466 g/mol. The fraction of sp³-hybridized carbons (Fsp3) is 0.481. The number of nitrogens with zero attached hydrogens (tertiary/aromatic N) is 1. The van der Waals surface area contributed by atoms with Crippen molar-refractivity contribution in [2.24, 2.45) is 5.41 Å². The Morgan fingerprint density at radius 1 is 1.12 bits per heavy atom. The van der Waals surface area contributed by atoms with E-state index in [9.17, 15) is 9.59 Å². The van der Waals surface area contributed by atoms with Gasteiger partial charge in [-0.1, -0.05) is 19.1 Å². The van der Waals surface area contributed by atoms with Gasteiger partial charge in [-0.25, -0.2) is 0 Å². The molecule has 34 heavy (non-hydrogen) atoms. The summed E-state index contributed by atoms with van der Waals surface area (Å²) in [5.41, 5.74) is 1.02. The molecular formula is C27H34N2O5. The first-order valence-electron chi connectivity index (χ1n) is 11.9. The maximum Gasteiger partial charge on any atom is 0.236 e. The predicted molar refractivity (Wildman–Crippen MR) is 132 cm³/mol. The summed E-state index contributed by atoms with van der Waals surface area (Å²) < 4.78 is 16.9. The second kappa shape index (κ2) is 9.66. The van der Waals surface area contributed by atoms with Gasteiger partial charge in [0.05, 0.1) is 23.6 Å². The van der Waals surface area contributed by atoms with Crippen molar-refractivity contribution in [2.75, 3.05) is 43.7 Å². The number of amides is 2. The van der Waals surface area contributed by atoms with Crippen molar-refractivity contribution in [3.8, 4) is 11.5 Å². The van der Waals surface area contributed by atoms with E-state index in [2.05, 4.69) is 5.32 Å². The summed E-state index contributed by atoms with van der Waals surface area (Å²) in [5, 5.41) is 3.12. The van der Waals surface area contributed by atoms with Crippen LogP contribution >= 0.6 is 0 Å². The lowest BCUT2D eigenvalue weighted by atomic mass is 9.73. The van der Waals surface area contributed by atoms with Gasteiger partial charge in [0.25, 0.3) is 0 Å². The second-order valence-corrected chi connectivity index (χ2v) is 9.69. The van der Waals surface area contributed by atoms with Crippen LogP contribution in [0.25, 0.3) is 0 Å². The molecule has 1 saturated heterocycles. The number of fused-ring (bicyclic) bond motifs is 1. The third-order valence-corrected chi connectivity index (χ3v) is 6.79. The Morgan fingerprint density at radius 2 is 1.82 bits per heavy atom. The van der Waals surface area contributed by atoms with Gasteiger partial charge < -0.3 is 24.4 Å². The van der Waals surface area contributed by atoms with Crippen LogP contribution in [0, 0.1) is 5.41 Å². The van der Waals surface area contributed by atoms with Gasteiger partial charge in [-0.2, -0.15) is 0 Å². The van der Waals surface area contributed by atoms with Crippen LogP contribution in [-0.4, -0.2) is 45.3 Å². The van der Waals surface area contributed by atoms with Gasteiger partial charge in [0, 0.05) is 31.5 Å². The average Bonchev–Trinajstić information content (AvgIpc) is 2.94. The van der Waals surface area contributed by atoms with Crippen molar-refractivity contribution in [1.29, 1.82) is 0 Å². The van der Waals surface area contributed by atoms with Gasteiger partial charge in [0.2, 0.25) is 11.8 Å². The smallest absolute Gasteiger partial charge is 0.236 e. The number of anilines is 2. The first kappa shape index (κ1) is 24.1. The third kappa shape index (κ3) is 4.49. The van der Waals surface area contributed by atoms with E-state index < -0.39 is 10.8 Å². The van der Waals surface area contributed by atoms with Crippen LogP contribution in [0.1, 0.15) is 45.6 Å². The molecule has 0 bridgehead atoms. The molecule has 2 aliphatic rings. The second-order valence-electron chi connectivity index (χ2n) is 9.69. The Balaban J connectivity index is 1.63. The van der Waals surface area contributed by atoms with Crippen LogP contribution < -0.4 is 19.7 Å². The highest BCUT2D eigenvalue weighted by Crippen LogP contribution is 2.40. The number of ether oxygens (including phenoxy) is 3. The predicted octanol–water partition coefficient (Wildman–Crippen LogP) is 4.54. The molecule has 0 spiro atoms. The van der Waals surface area contributed by atoms with E-state index in [4.69, 9.17) is 14.2 Å².